The minimum Gasteiger partial charge on any atom is -0.378 e. The van der Waals surface area contributed by atoms with Crippen molar-refractivity contribution in [1.82, 2.24) is 4.90 Å². The molecule has 1 aliphatic heterocycles. The number of rotatable bonds is 2. The Morgan fingerprint density at radius 1 is 1.27 bits per heavy atom. The molecule has 1 aliphatic rings. The minimum absolute atomic E-state index is 0. The van der Waals surface area contributed by atoms with Crippen LogP contribution in [0.4, 0.5) is 0 Å². The van der Waals surface area contributed by atoms with Gasteiger partial charge in [-0.2, -0.15) is 0 Å². The molecule has 0 bridgehead atoms. The van der Waals surface area contributed by atoms with Crippen molar-refractivity contribution in [2.75, 3.05) is 19.6 Å². The fourth-order valence-corrected chi connectivity index (χ4v) is 1.55. The van der Waals surface area contributed by atoms with Crippen LogP contribution in [0.15, 0.2) is 0 Å². The molecular formula is C12H22ClNO. The van der Waals surface area contributed by atoms with E-state index in [2.05, 4.69) is 16.7 Å². The van der Waals surface area contributed by atoms with Crippen LogP contribution < -0.4 is 0 Å². The van der Waals surface area contributed by atoms with Crippen LogP contribution in [-0.2, 0) is 0 Å². The van der Waals surface area contributed by atoms with E-state index in [0.717, 1.165) is 6.54 Å². The number of hydrogen-bond donors (Lipinski definition) is 1. The van der Waals surface area contributed by atoms with Gasteiger partial charge in [0.05, 0.1) is 6.54 Å². The third-order valence-corrected chi connectivity index (χ3v) is 2.80. The van der Waals surface area contributed by atoms with Crippen LogP contribution in [0.1, 0.15) is 39.5 Å². The maximum Gasteiger partial charge on any atom is 0.122 e. The Kier molecular flexibility index (Phi) is 7.00. The molecule has 0 spiro atoms. The second kappa shape index (κ2) is 7.11. The van der Waals surface area contributed by atoms with E-state index in [1.807, 2.05) is 6.92 Å². The lowest BCUT2D eigenvalue weighted by Crippen LogP contribution is -2.30. The van der Waals surface area contributed by atoms with Gasteiger partial charge in [0.1, 0.15) is 5.60 Å². The summed E-state index contributed by atoms with van der Waals surface area (Å²) in [5.41, 5.74) is -0.796. The number of nitrogens with zero attached hydrogens (tertiary/aromatic N) is 1. The van der Waals surface area contributed by atoms with Gasteiger partial charge in [0.2, 0.25) is 0 Å². The van der Waals surface area contributed by atoms with Crippen molar-refractivity contribution in [3.63, 3.8) is 0 Å². The first-order chi connectivity index (χ1) is 6.64. The predicted octanol–water partition coefficient (Wildman–Crippen LogP) is 2.06. The normalized spacial score (nSPS) is 20.7. The highest BCUT2D eigenvalue weighted by Crippen LogP contribution is 2.08. The molecule has 0 amide bonds. The highest BCUT2D eigenvalue weighted by Gasteiger charge is 2.13. The summed E-state index contributed by atoms with van der Waals surface area (Å²) in [6.45, 7) is 6.88. The number of hydrogen-bond acceptors (Lipinski definition) is 2. The molecule has 3 heteroatoms. The second-order valence-corrected chi connectivity index (χ2v) is 4.27. The molecule has 0 aromatic heterocycles. The van der Waals surface area contributed by atoms with E-state index in [0.29, 0.717) is 6.42 Å². The Morgan fingerprint density at radius 2 is 1.87 bits per heavy atom. The van der Waals surface area contributed by atoms with Crippen molar-refractivity contribution < 1.29 is 5.11 Å². The lowest BCUT2D eigenvalue weighted by Gasteiger charge is -2.24. The van der Waals surface area contributed by atoms with E-state index in [4.69, 9.17) is 0 Å². The van der Waals surface area contributed by atoms with Crippen molar-refractivity contribution in [3.05, 3.63) is 0 Å². The van der Waals surface area contributed by atoms with E-state index < -0.39 is 5.60 Å². The van der Waals surface area contributed by atoms with Crippen molar-refractivity contribution in [2.24, 2.45) is 0 Å². The lowest BCUT2D eigenvalue weighted by molar-refractivity contribution is 0.118. The number of halogens is 1. The quantitative estimate of drug-likeness (QED) is 0.736. The van der Waals surface area contributed by atoms with Gasteiger partial charge in [0, 0.05) is 0 Å². The van der Waals surface area contributed by atoms with Gasteiger partial charge in [0.25, 0.3) is 0 Å². The molecule has 15 heavy (non-hydrogen) atoms. The van der Waals surface area contributed by atoms with Crippen LogP contribution >= 0.6 is 12.4 Å². The summed E-state index contributed by atoms with van der Waals surface area (Å²) < 4.78 is 0. The Labute approximate surface area is 99.5 Å². The first kappa shape index (κ1) is 14.8. The molecule has 2 nitrogen and oxygen atoms in total. The fourth-order valence-electron chi connectivity index (χ4n) is 1.55. The monoisotopic (exact) mass is 231 g/mol. The van der Waals surface area contributed by atoms with E-state index in [9.17, 15) is 5.11 Å². The third-order valence-electron chi connectivity index (χ3n) is 2.80. The number of aliphatic hydroxyl groups is 1. The molecule has 88 valence electrons. The van der Waals surface area contributed by atoms with Crippen LogP contribution in [0.2, 0.25) is 0 Å². The summed E-state index contributed by atoms with van der Waals surface area (Å²) in [5.74, 6) is 5.99. The van der Waals surface area contributed by atoms with Gasteiger partial charge >= 0.3 is 0 Å². The lowest BCUT2D eigenvalue weighted by atomic mass is 10.1. The van der Waals surface area contributed by atoms with Gasteiger partial charge < -0.3 is 5.11 Å². The molecule has 1 atom stereocenters. The SMILES string of the molecule is CCC(C)(O)C#CCN1CCCCC1.Cl. The molecule has 1 saturated heterocycles. The van der Waals surface area contributed by atoms with E-state index in [-0.39, 0.29) is 12.4 Å². The molecule has 0 aliphatic carbocycles. The van der Waals surface area contributed by atoms with Crippen LogP contribution in [0, 0.1) is 11.8 Å². The fraction of sp³-hybridized carbons (Fsp3) is 0.833. The van der Waals surface area contributed by atoms with Crippen molar-refractivity contribution >= 4 is 12.4 Å². The van der Waals surface area contributed by atoms with Crippen molar-refractivity contribution in [1.29, 1.82) is 0 Å². The first-order valence-electron chi connectivity index (χ1n) is 5.59. The van der Waals surface area contributed by atoms with Gasteiger partial charge in [-0.05, 0) is 39.3 Å². The van der Waals surface area contributed by atoms with Crippen molar-refractivity contribution in [3.8, 4) is 11.8 Å². The summed E-state index contributed by atoms with van der Waals surface area (Å²) in [6.07, 6.45) is 4.65. The zero-order valence-electron chi connectivity index (χ0n) is 9.75. The Bertz CT molecular complexity index is 224. The topological polar surface area (TPSA) is 23.5 Å². The molecule has 1 N–H and O–H groups in total. The van der Waals surface area contributed by atoms with Gasteiger partial charge in [-0.1, -0.05) is 25.2 Å². The molecule has 0 aromatic carbocycles. The predicted molar refractivity (Wildman–Crippen MR) is 66.2 cm³/mol. The summed E-state index contributed by atoms with van der Waals surface area (Å²) in [5, 5.41) is 9.66. The van der Waals surface area contributed by atoms with Gasteiger partial charge in [-0.15, -0.1) is 12.4 Å². The van der Waals surface area contributed by atoms with E-state index >= 15 is 0 Å². The molecule has 0 aromatic rings. The maximum absolute atomic E-state index is 9.66. The molecular weight excluding hydrogens is 210 g/mol. The minimum atomic E-state index is -0.796. The molecule has 1 heterocycles. The summed E-state index contributed by atoms with van der Waals surface area (Å²) >= 11 is 0. The molecule has 0 saturated carbocycles. The Hall–Kier alpha value is -0.230. The Balaban J connectivity index is 0.00000196. The third kappa shape index (κ3) is 6.04. The van der Waals surface area contributed by atoms with E-state index in [1.54, 1.807) is 6.92 Å². The Morgan fingerprint density at radius 3 is 2.40 bits per heavy atom. The number of piperidine rings is 1. The standard InChI is InChI=1S/C12H21NO.ClH/c1-3-12(2,14)8-7-11-13-9-5-4-6-10-13;/h14H,3-6,9-11H2,1-2H3;1H. The number of likely N-dealkylation sites (tertiary alicyclic amines) is 1. The zero-order valence-corrected chi connectivity index (χ0v) is 10.6. The highest BCUT2D eigenvalue weighted by molar-refractivity contribution is 5.85. The van der Waals surface area contributed by atoms with Crippen LogP contribution in [0.3, 0.4) is 0 Å². The second-order valence-electron chi connectivity index (χ2n) is 4.27. The molecule has 1 rings (SSSR count). The first-order valence-corrected chi connectivity index (χ1v) is 5.59. The summed E-state index contributed by atoms with van der Waals surface area (Å²) in [7, 11) is 0. The summed E-state index contributed by atoms with van der Waals surface area (Å²) in [4.78, 5) is 2.36. The average molecular weight is 232 g/mol. The molecule has 0 radical (unpaired) electrons. The molecule has 1 unspecified atom stereocenters. The van der Waals surface area contributed by atoms with Gasteiger partial charge in [-0.25, -0.2) is 0 Å². The van der Waals surface area contributed by atoms with Gasteiger partial charge in [-0.3, -0.25) is 4.90 Å². The average Bonchev–Trinajstić information content (AvgIpc) is 2.19. The smallest absolute Gasteiger partial charge is 0.122 e. The maximum atomic E-state index is 9.66. The van der Waals surface area contributed by atoms with Gasteiger partial charge in [0.15, 0.2) is 0 Å². The van der Waals surface area contributed by atoms with Crippen LogP contribution in [0.25, 0.3) is 0 Å². The van der Waals surface area contributed by atoms with Crippen LogP contribution in [0.5, 0.6) is 0 Å². The zero-order chi connectivity index (χ0) is 10.4. The highest BCUT2D eigenvalue weighted by atomic mass is 35.5. The van der Waals surface area contributed by atoms with E-state index in [1.165, 1.54) is 32.4 Å². The largest absolute Gasteiger partial charge is 0.378 e. The van der Waals surface area contributed by atoms with Crippen LogP contribution in [-0.4, -0.2) is 35.2 Å². The van der Waals surface area contributed by atoms with Crippen molar-refractivity contribution in [2.45, 2.75) is 45.1 Å². The molecule has 1 fully saturated rings. The summed E-state index contributed by atoms with van der Waals surface area (Å²) in [6, 6.07) is 0.